The molecule has 0 fully saturated rings. The highest BCUT2D eigenvalue weighted by Crippen LogP contribution is 1.86. The van der Waals surface area contributed by atoms with Crippen LogP contribution >= 0.6 is 0 Å². The van der Waals surface area contributed by atoms with Gasteiger partial charge in [0.2, 0.25) is 5.91 Å². The van der Waals surface area contributed by atoms with Crippen molar-refractivity contribution in [2.75, 3.05) is 13.7 Å². The Labute approximate surface area is 73.5 Å². The maximum atomic E-state index is 11.1. The highest BCUT2D eigenvalue weighted by atomic mass is 16.5. The zero-order valence-corrected chi connectivity index (χ0v) is 7.81. The Morgan fingerprint density at radius 1 is 1.67 bits per heavy atom. The summed E-state index contributed by atoms with van der Waals surface area (Å²) in [5.41, 5.74) is 0. The second-order valence-corrected chi connectivity index (χ2v) is 2.35. The summed E-state index contributed by atoms with van der Waals surface area (Å²) >= 11 is 0. The van der Waals surface area contributed by atoms with Crippen molar-refractivity contribution in [3.05, 3.63) is 0 Å². The average Bonchev–Trinajstić information content (AvgIpc) is 2.10. The molecule has 0 bridgehead atoms. The predicted molar refractivity (Wildman–Crippen MR) is 47.5 cm³/mol. The van der Waals surface area contributed by atoms with E-state index in [9.17, 15) is 4.79 Å². The maximum Gasteiger partial charge on any atom is 0.248 e. The molecule has 0 aromatic rings. The number of ether oxygens (including phenoxy) is 1. The number of rotatable bonds is 4. The second-order valence-electron chi connectivity index (χ2n) is 2.35. The van der Waals surface area contributed by atoms with E-state index in [0.717, 1.165) is 0 Å². The number of hydrogen-bond donors (Lipinski definition) is 1. The Kier molecular flexibility index (Phi) is 6.12. The van der Waals surface area contributed by atoms with Gasteiger partial charge in [-0.1, -0.05) is 0 Å². The van der Waals surface area contributed by atoms with E-state index >= 15 is 0 Å². The van der Waals surface area contributed by atoms with E-state index in [0.29, 0.717) is 13.0 Å². The van der Waals surface area contributed by atoms with Crippen molar-refractivity contribution >= 4 is 5.91 Å². The van der Waals surface area contributed by atoms with Crippen LogP contribution in [0.25, 0.3) is 0 Å². The van der Waals surface area contributed by atoms with Gasteiger partial charge in [-0.3, -0.25) is 4.79 Å². The Bertz CT molecular complexity index is 190. The van der Waals surface area contributed by atoms with Gasteiger partial charge in [0.15, 0.2) is 0 Å². The smallest absolute Gasteiger partial charge is 0.248 e. The van der Waals surface area contributed by atoms with Crippen molar-refractivity contribution in [2.45, 2.75) is 26.4 Å². The second kappa shape index (κ2) is 6.68. The highest BCUT2D eigenvalue weighted by molar-refractivity contribution is 5.80. The molecule has 1 unspecified atom stereocenters. The lowest BCUT2D eigenvalue weighted by molar-refractivity contribution is -0.129. The van der Waals surface area contributed by atoms with Gasteiger partial charge in [-0.15, -0.1) is 11.8 Å². The third-order valence-electron chi connectivity index (χ3n) is 1.45. The Morgan fingerprint density at radius 2 is 2.33 bits per heavy atom. The SMILES string of the molecule is CC#CCCNC(=O)C(C)OC. The minimum absolute atomic E-state index is 0.0876. The molecule has 1 atom stereocenters. The van der Waals surface area contributed by atoms with E-state index in [4.69, 9.17) is 4.74 Å². The first-order valence-corrected chi connectivity index (χ1v) is 3.92. The first-order chi connectivity index (χ1) is 5.72. The van der Waals surface area contributed by atoms with Gasteiger partial charge >= 0.3 is 0 Å². The fourth-order valence-electron chi connectivity index (χ4n) is 0.624. The monoisotopic (exact) mass is 169 g/mol. The summed E-state index contributed by atoms with van der Waals surface area (Å²) in [4.78, 5) is 11.1. The van der Waals surface area contributed by atoms with E-state index in [1.807, 2.05) is 0 Å². The van der Waals surface area contributed by atoms with Gasteiger partial charge < -0.3 is 10.1 Å². The number of amides is 1. The molecule has 0 aromatic carbocycles. The molecule has 0 aliphatic carbocycles. The molecule has 0 heterocycles. The van der Waals surface area contributed by atoms with Crippen molar-refractivity contribution in [1.29, 1.82) is 0 Å². The van der Waals surface area contributed by atoms with Gasteiger partial charge in [-0.25, -0.2) is 0 Å². The van der Waals surface area contributed by atoms with Gasteiger partial charge in [0, 0.05) is 20.1 Å². The fraction of sp³-hybridized carbons (Fsp3) is 0.667. The van der Waals surface area contributed by atoms with E-state index in [1.165, 1.54) is 7.11 Å². The number of carbonyl (C=O) groups excluding carboxylic acids is 1. The van der Waals surface area contributed by atoms with Crippen molar-refractivity contribution < 1.29 is 9.53 Å². The Hall–Kier alpha value is -1.01. The molecule has 0 saturated carbocycles. The molecule has 0 aliphatic heterocycles. The number of carbonyl (C=O) groups is 1. The van der Waals surface area contributed by atoms with Gasteiger partial charge in [0.05, 0.1) is 0 Å². The lowest BCUT2D eigenvalue weighted by Crippen LogP contribution is -2.34. The lowest BCUT2D eigenvalue weighted by atomic mass is 10.3. The van der Waals surface area contributed by atoms with Crippen LogP contribution in [0.1, 0.15) is 20.3 Å². The van der Waals surface area contributed by atoms with Crippen molar-refractivity contribution in [3.8, 4) is 11.8 Å². The molecule has 68 valence electrons. The van der Waals surface area contributed by atoms with Gasteiger partial charge in [-0.05, 0) is 13.8 Å². The predicted octanol–water partition coefficient (Wildman–Crippen LogP) is 0.551. The maximum absolute atomic E-state index is 11.1. The minimum Gasteiger partial charge on any atom is -0.372 e. The van der Waals surface area contributed by atoms with Crippen LogP contribution in [0.4, 0.5) is 0 Å². The molecule has 0 rings (SSSR count). The first kappa shape index (κ1) is 11.0. The molecular formula is C9H15NO2. The zero-order chi connectivity index (χ0) is 9.40. The van der Waals surface area contributed by atoms with E-state index in [-0.39, 0.29) is 12.0 Å². The molecule has 3 nitrogen and oxygen atoms in total. The third kappa shape index (κ3) is 4.75. The Balaban J connectivity index is 3.48. The summed E-state index contributed by atoms with van der Waals surface area (Å²) in [6, 6.07) is 0. The molecule has 1 N–H and O–H groups in total. The van der Waals surface area contributed by atoms with Crippen LogP contribution in [0.15, 0.2) is 0 Å². The van der Waals surface area contributed by atoms with Gasteiger partial charge in [0.1, 0.15) is 6.10 Å². The first-order valence-electron chi connectivity index (χ1n) is 3.92. The molecule has 0 saturated heterocycles. The minimum atomic E-state index is -0.375. The standard InChI is InChI=1S/C9H15NO2/c1-4-5-6-7-10-9(11)8(2)12-3/h8H,6-7H2,1-3H3,(H,10,11). The zero-order valence-electron chi connectivity index (χ0n) is 7.81. The van der Waals surface area contributed by atoms with E-state index in [1.54, 1.807) is 13.8 Å². The van der Waals surface area contributed by atoms with Crippen molar-refractivity contribution in [2.24, 2.45) is 0 Å². The summed E-state index contributed by atoms with van der Waals surface area (Å²) in [6.45, 7) is 4.08. The van der Waals surface area contributed by atoms with Crippen LogP contribution in [0, 0.1) is 11.8 Å². The van der Waals surface area contributed by atoms with E-state index in [2.05, 4.69) is 17.2 Å². The van der Waals surface area contributed by atoms with Crippen LogP contribution in [-0.2, 0) is 9.53 Å². The fourth-order valence-corrected chi connectivity index (χ4v) is 0.624. The highest BCUT2D eigenvalue weighted by Gasteiger charge is 2.08. The van der Waals surface area contributed by atoms with Crippen LogP contribution in [0.5, 0.6) is 0 Å². The van der Waals surface area contributed by atoms with Crippen LogP contribution in [0.2, 0.25) is 0 Å². The molecule has 0 spiro atoms. The summed E-state index contributed by atoms with van der Waals surface area (Å²) in [5.74, 6) is 5.52. The molecule has 3 heteroatoms. The summed E-state index contributed by atoms with van der Waals surface area (Å²) in [5, 5.41) is 2.70. The number of hydrogen-bond acceptors (Lipinski definition) is 2. The van der Waals surface area contributed by atoms with Crippen molar-refractivity contribution in [3.63, 3.8) is 0 Å². The summed E-state index contributed by atoms with van der Waals surface area (Å²) in [7, 11) is 1.51. The molecular weight excluding hydrogens is 154 g/mol. The quantitative estimate of drug-likeness (QED) is 0.493. The third-order valence-corrected chi connectivity index (χ3v) is 1.45. The number of nitrogens with one attached hydrogen (secondary N) is 1. The normalized spacial score (nSPS) is 11.2. The lowest BCUT2D eigenvalue weighted by Gasteiger charge is -2.08. The molecule has 1 amide bonds. The topological polar surface area (TPSA) is 38.3 Å². The van der Waals surface area contributed by atoms with Gasteiger partial charge in [-0.2, -0.15) is 0 Å². The Morgan fingerprint density at radius 3 is 2.83 bits per heavy atom. The summed E-state index contributed by atoms with van der Waals surface area (Å²) in [6.07, 6.45) is 0.318. The van der Waals surface area contributed by atoms with Gasteiger partial charge in [0.25, 0.3) is 0 Å². The molecule has 12 heavy (non-hydrogen) atoms. The van der Waals surface area contributed by atoms with E-state index < -0.39 is 0 Å². The van der Waals surface area contributed by atoms with Crippen LogP contribution in [0.3, 0.4) is 0 Å². The average molecular weight is 169 g/mol. The summed E-state index contributed by atoms with van der Waals surface area (Å²) < 4.78 is 4.82. The van der Waals surface area contributed by atoms with Crippen LogP contribution < -0.4 is 5.32 Å². The van der Waals surface area contributed by atoms with Crippen molar-refractivity contribution in [1.82, 2.24) is 5.32 Å². The largest absolute Gasteiger partial charge is 0.372 e. The van der Waals surface area contributed by atoms with Crippen LogP contribution in [-0.4, -0.2) is 25.7 Å². The molecule has 0 radical (unpaired) electrons. The number of methoxy groups -OCH3 is 1. The molecule has 0 aromatic heterocycles. The molecule has 0 aliphatic rings.